The Morgan fingerprint density at radius 3 is 2.54 bits per heavy atom. The lowest BCUT2D eigenvalue weighted by Crippen LogP contribution is -3.09. The number of methoxy groups -OCH3 is 2. The molecule has 1 unspecified atom stereocenters. The predicted molar refractivity (Wildman–Crippen MR) is 90.0 cm³/mol. The van der Waals surface area contributed by atoms with E-state index in [0.717, 1.165) is 36.1 Å². The van der Waals surface area contributed by atoms with Crippen molar-refractivity contribution < 1.29 is 19.2 Å². The Hall–Kier alpha value is -2.26. The number of carbonyl (C=O) groups excluding carboxylic acids is 1. The number of hydrogen-bond acceptors (Lipinski definition) is 4. The zero-order valence-electron chi connectivity index (χ0n) is 14.6. The van der Waals surface area contributed by atoms with E-state index >= 15 is 0 Å². The zero-order chi connectivity index (χ0) is 17.6. The fourth-order valence-corrected chi connectivity index (χ4v) is 3.23. The average molecular weight is 332 g/mol. The highest BCUT2D eigenvalue weighted by Crippen LogP contribution is 2.29. The lowest BCUT2D eigenvalue weighted by atomic mass is 10.00. The molecular formula is C18H26N3O3+. The fourth-order valence-electron chi connectivity index (χ4n) is 3.23. The van der Waals surface area contributed by atoms with Gasteiger partial charge in [0.05, 0.1) is 27.3 Å². The first-order valence-electron chi connectivity index (χ1n) is 8.26. The molecule has 1 aliphatic carbocycles. The van der Waals surface area contributed by atoms with Crippen molar-refractivity contribution in [2.45, 2.75) is 37.8 Å². The molecule has 0 aliphatic heterocycles. The van der Waals surface area contributed by atoms with E-state index in [1.807, 2.05) is 25.2 Å². The quantitative estimate of drug-likeness (QED) is 0.770. The number of nitrogens with one attached hydrogen (secondary N) is 2. The van der Waals surface area contributed by atoms with Gasteiger partial charge in [-0.2, -0.15) is 5.26 Å². The maximum absolute atomic E-state index is 12.3. The lowest BCUT2D eigenvalue weighted by Gasteiger charge is -2.23. The van der Waals surface area contributed by atoms with Gasteiger partial charge in [-0.25, -0.2) is 0 Å². The molecule has 0 heterocycles. The number of rotatable bonds is 7. The van der Waals surface area contributed by atoms with Crippen molar-refractivity contribution >= 4 is 5.91 Å². The largest absolute Gasteiger partial charge is 0.493 e. The van der Waals surface area contributed by atoms with Gasteiger partial charge >= 0.3 is 0 Å². The number of nitrogens with zero attached hydrogens (tertiary/aromatic N) is 1. The monoisotopic (exact) mass is 332 g/mol. The Morgan fingerprint density at radius 1 is 1.29 bits per heavy atom. The molecule has 1 aromatic carbocycles. The van der Waals surface area contributed by atoms with Gasteiger partial charge < -0.3 is 19.7 Å². The van der Waals surface area contributed by atoms with E-state index in [9.17, 15) is 10.1 Å². The van der Waals surface area contributed by atoms with Gasteiger partial charge in [0.1, 0.15) is 12.1 Å². The van der Waals surface area contributed by atoms with Crippen molar-refractivity contribution in [1.29, 1.82) is 5.26 Å². The number of ether oxygens (including phenoxy) is 2. The number of amides is 1. The normalized spacial score (nSPS) is 16.9. The van der Waals surface area contributed by atoms with Crippen LogP contribution >= 0.6 is 0 Å². The van der Waals surface area contributed by atoms with Crippen LogP contribution in [0, 0.1) is 11.3 Å². The molecule has 1 amide bonds. The molecule has 130 valence electrons. The molecule has 0 radical (unpaired) electrons. The molecule has 1 aliphatic rings. The lowest BCUT2D eigenvalue weighted by molar-refractivity contribution is -0.885. The number of carbonyl (C=O) groups is 1. The first-order chi connectivity index (χ1) is 11.5. The molecule has 0 aromatic heterocycles. The minimum Gasteiger partial charge on any atom is -0.493 e. The highest BCUT2D eigenvalue weighted by Gasteiger charge is 2.35. The molecule has 24 heavy (non-hydrogen) atoms. The summed E-state index contributed by atoms with van der Waals surface area (Å²) in [7, 11) is 5.17. The minimum absolute atomic E-state index is 0.0728. The van der Waals surface area contributed by atoms with Crippen LogP contribution in [-0.4, -0.2) is 39.3 Å². The Kier molecular flexibility index (Phi) is 6.04. The predicted octanol–water partition coefficient (Wildman–Crippen LogP) is 0.671. The summed E-state index contributed by atoms with van der Waals surface area (Å²) >= 11 is 0. The van der Waals surface area contributed by atoms with Crippen molar-refractivity contribution in [3.63, 3.8) is 0 Å². The Morgan fingerprint density at radius 2 is 1.96 bits per heavy atom. The fraction of sp³-hybridized carbons (Fsp3) is 0.556. The first-order valence-corrected chi connectivity index (χ1v) is 8.26. The minimum atomic E-state index is -0.652. The third-order valence-electron chi connectivity index (χ3n) is 4.47. The third-order valence-corrected chi connectivity index (χ3v) is 4.47. The van der Waals surface area contributed by atoms with Crippen LogP contribution in [0.1, 0.15) is 31.2 Å². The molecule has 6 nitrogen and oxygen atoms in total. The molecule has 0 saturated heterocycles. The van der Waals surface area contributed by atoms with E-state index < -0.39 is 5.54 Å². The number of nitriles is 1. The van der Waals surface area contributed by atoms with Gasteiger partial charge in [-0.3, -0.25) is 4.79 Å². The summed E-state index contributed by atoms with van der Waals surface area (Å²) in [5.41, 5.74) is 0.412. The van der Waals surface area contributed by atoms with E-state index in [0.29, 0.717) is 24.6 Å². The highest BCUT2D eigenvalue weighted by atomic mass is 16.5. The van der Waals surface area contributed by atoms with Crippen LogP contribution in [0.5, 0.6) is 11.5 Å². The number of quaternary nitrogens is 1. The van der Waals surface area contributed by atoms with Crippen LogP contribution in [0.3, 0.4) is 0 Å². The van der Waals surface area contributed by atoms with Gasteiger partial charge in [-0.05, 0) is 43.9 Å². The van der Waals surface area contributed by atoms with Crippen LogP contribution in [-0.2, 0) is 11.3 Å². The van der Waals surface area contributed by atoms with E-state index in [2.05, 4.69) is 11.4 Å². The standard InChI is InChI=1S/C18H25N3O3/c1-21(11-14-6-7-15(23-2)16(10-14)24-3)12-17(22)20-18(13-19)8-4-5-9-18/h6-7,10H,4-5,8-9,11-12H2,1-3H3,(H,20,22)/p+1. The summed E-state index contributed by atoms with van der Waals surface area (Å²) in [4.78, 5) is 13.3. The maximum atomic E-state index is 12.3. The summed E-state index contributed by atoms with van der Waals surface area (Å²) in [6.45, 7) is 1.02. The second kappa shape index (κ2) is 8.02. The SMILES string of the molecule is COc1ccc(C[NH+](C)CC(=O)NC2(C#N)CCCC2)cc1OC. The van der Waals surface area contributed by atoms with Crippen molar-refractivity contribution in [2.24, 2.45) is 0 Å². The molecule has 0 bridgehead atoms. The molecular weight excluding hydrogens is 306 g/mol. The van der Waals surface area contributed by atoms with Gasteiger partial charge in [-0.15, -0.1) is 0 Å². The Labute approximate surface area is 143 Å². The smallest absolute Gasteiger partial charge is 0.276 e. The summed E-state index contributed by atoms with van der Waals surface area (Å²) in [5, 5.41) is 12.3. The van der Waals surface area contributed by atoms with Crippen LogP contribution in [0.4, 0.5) is 0 Å². The molecule has 1 saturated carbocycles. The topological polar surface area (TPSA) is 75.8 Å². The molecule has 1 fully saturated rings. The molecule has 2 N–H and O–H groups in total. The van der Waals surface area contributed by atoms with Gasteiger partial charge in [-0.1, -0.05) is 0 Å². The van der Waals surface area contributed by atoms with E-state index in [-0.39, 0.29) is 5.91 Å². The molecule has 1 atom stereocenters. The van der Waals surface area contributed by atoms with Gasteiger partial charge in [0.15, 0.2) is 18.0 Å². The number of likely N-dealkylation sites (N-methyl/N-ethyl adjacent to an activating group) is 1. The van der Waals surface area contributed by atoms with Crippen molar-refractivity contribution in [3.8, 4) is 17.6 Å². The van der Waals surface area contributed by atoms with Gasteiger partial charge in [0, 0.05) is 5.56 Å². The van der Waals surface area contributed by atoms with Gasteiger partial charge in [0.2, 0.25) is 0 Å². The highest BCUT2D eigenvalue weighted by molar-refractivity contribution is 5.78. The average Bonchev–Trinajstić information content (AvgIpc) is 3.03. The van der Waals surface area contributed by atoms with Crippen LogP contribution in [0.15, 0.2) is 18.2 Å². The Bertz CT molecular complexity index is 618. The first kappa shape index (κ1) is 18.1. The third kappa shape index (κ3) is 4.39. The Balaban J connectivity index is 1.92. The zero-order valence-corrected chi connectivity index (χ0v) is 14.6. The second-order valence-corrected chi connectivity index (χ2v) is 6.45. The summed E-state index contributed by atoms with van der Waals surface area (Å²) in [6, 6.07) is 8.05. The molecule has 2 rings (SSSR count). The van der Waals surface area contributed by atoms with Crippen molar-refractivity contribution in [1.82, 2.24) is 5.32 Å². The number of hydrogen-bond donors (Lipinski definition) is 2. The molecule has 6 heteroatoms. The van der Waals surface area contributed by atoms with E-state index in [4.69, 9.17) is 9.47 Å². The molecule has 0 spiro atoms. The van der Waals surface area contributed by atoms with Crippen molar-refractivity contribution in [2.75, 3.05) is 27.8 Å². The van der Waals surface area contributed by atoms with E-state index in [1.54, 1.807) is 14.2 Å². The second-order valence-electron chi connectivity index (χ2n) is 6.45. The van der Waals surface area contributed by atoms with Crippen LogP contribution in [0.25, 0.3) is 0 Å². The van der Waals surface area contributed by atoms with E-state index in [1.165, 1.54) is 0 Å². The molecule has 1 aromatic rings. The summed E-state index contributed by atoms with van der Waals surface area (Å²) in [5.74, 6) is 1.30. The van der Waals surface area contributed by atoms with Crippen molar-refractivity contribution in [3.05, 3.63) is 23.8 Å². The van der Waals surface area contributed by atoms with Crippen LogP contribution < -0.4 is 19.7 Å². The number of benzene rings is 1. The maximum Gasteiger partial charge on any atom is 0.276 e. The summed E-state index contributed by atoms with van der Waals surface area (Å²) < 4.78 is 10.5. The van der Waals surface area contributed by atoms with Crippen LogP contribution in [0.2, 0.25) is 0 Å². The summed E-state index contributed by atoms with van der Waals surface area (Å²) in [6.07, 6.45) is 3.51. The van der Waals surface area contributed by atoms with Gasteiger partial charge in [0.25, 0.3) is 5.91 Å².